The molecule has 1 aromatic heterocycles. The van der Waals surface area contributed by atoms with E-state index in [1.165, 1.54) is 18.4 Å². The second kappa shape index (κ2) is 11.2. The fourth-order valence-corrected chi connectivity index (χ4v) is 4.93. The number of rotatable bonds is 8. The summed E-state index contributed by atoms with van der Waals surface area (Å²) >= 11 is 1.52. The molecule has 0 radical (unpaired) electrons. The van der Waals surface area contributed by atoms with Gasteiger partial charge >= 0.3 is 6.09 Å². The summed E-state index contributed by atoms with van der Waals surface area (Å²) in [5, 5.41) is 7.49. The number of aryl methyl sites for hydroxylation is 1. The summed E-state index contributed by atoms with van der Waals surface area (Å²) in [6.45, 7) is 2.43. The maximum atomic E-state index is 13.4. The van der Waals surface area contributed by atoms with E-state index < -0.39 is 18.1 Å². The van der Waals surface area contributed by atoms with Crippen LogP contribution in [0.3, 0.4) is 0 Å². The Morgan fingerprint density at radius 3 is 2.46 bits per heavy atom. The standard InChI is InChI=1S/C26H27N3O5S/c1-17-8-10-20(11-9-17)29-23(30)16-21(24(29)22-7-4-14-35-22)25(31)27-18-5-3-6-19(15-18)28-26(32)34-13-12-33-2/h3-11,14-15,21,24H,12-13,16H2,1-2H3,(H,27,31)(H,28,32). The van der Waals surface area contributed by atoms with Gasteiger partial charge < -0.3 is 19.7 Å². The number of amides is 3. The Kier molecular flexibility index (Phi) is 7.79. The minimum atomic E-state index is -0.613. The Morgan fingerprint density at radius 2 is 1.77 bits per heavy atom. The molecule has 1 saturated heterocycles. The van der Waals surface area contributed by atoms with Gasteiger partial charge in [0.05, 0.1) is 18.6 Å². The predicted molar refractivity (Wildman–Crippen MR) is 136 cm³/mol. The highest BCUT2D eigenvalue weighted by Crippen LogP contribution is 2.43. The molecular formula is C26H27N3O5S. The summed E-state index contributed by atoms with van der Waals surface area (Å²) in [6.07, 6.45) is -0.509. The fourth-order valence-electron chi connectivity index (χ4n) is 4.05. The number of hydrogen-bond donors (Lipinski definition) is 2. The van der Waals surface area contributed by atoms with E-state index in [9.17, 15) is 14.4 Å². The third-order valence-electron chi connectivity index (χ3n) is 5.70. The molecule has 2 atom stereocenters. The number of benzene rings is 2. The number of methoxy groups -OCH3 is 1. The molecule has 2 unspecified atom stereocenters. The number of carbonyl (C=O) groups is 3. The van der Waals surface area contributed by atoms with Crippen LogP contribution in [-0.2, 0) is 19.1 Å². The van der Waals surface area contributed by atoms with Gasteiger partial charge in [-0.15, -0.1) is 11.3 Å². The molecule has 182 valence electrons. The average molecular weight is 494 g/mol. The van der Waals surface area contributed by atoms with Crippen molar-refractivity contribution in [2.75, 3.05) is 35.9 Å². The molecule has 1 fully saturated rings. The van der Waals surface area contributed by atoms with Crippen LogP contribution < -0.4 is 15.5 Å². The zero-order valence-electron chi connectivity index (χ0n) is 19.5. The topological polar surface area (TPSA) is 97.0 Å². The van der Waals surface area contributed by atoms with Gasteiger partial charge in [-0.05, 0) is 48.7 Å². The summed E-state index contributed by atoms with van der Waals surface area (Å²) in [7, 11) is 1.52. The molecule has 0 aliphatic carbocycles. The smallest absolute Gasteiger partial charge is 0.411 e. The third kappa shape index (κ3) is 5.87. The highest BCUT2D eigenvalue weighted by Gasteiger charge is 2.45. The van der Waals surface area contributed by atoms with Gasteiger partial charge in [-0.25, -0.2) is 4.79 Å². The van der Waals surface area contributed by atoms with E-state index in [-0.39, 0.29) is 24.8 Å². The third-order valence-corrected chi connectivity index (χ3v) is 6.65. The van der Waals surface area contributed by atoms with Crippen LogP contribution in [-0.4, -0.2) is 38.2 Å². The first-order chi connectivity index (χ1) is 17.0. The van der Waals surface area contributed by atoms with Crippen LogP contribution in [0.1, 0.15) is 22.9 Å². The molecule has 3 amide bonds. The second-order valence-electron chi connectivity index (χ2n) is 8.19. The molecule has 35 heavy (non-hydrogen) atoms. The van der Waals surface area contributed by atoms with Gasteiger partial charge in [0.1, 0.15) is 6.61 Å². The van der Waals surface area contributed by atoms with Crippen molar-refractivity contribution in [1.82, 2.24) is 0 Å². The summed E-state index contributed by atoms with van der Waals surface area (Å²) in [4.78, 5) is 41.1. The van der Waals surface area contributed by atoms with Gasteiger partial charge in [0.25, 0.3) is 0 Å². The van der Waals surface area contributed by atoms with Crippen molar-refractivity contribution in [3.8, 4) is 0 Å². The Hall–Kier alpha value is -3.69. The molecule has 0 saturated carbocycles. The van der Waals surface area contributed by atoms with Crippen molar-refractivity contribution in [3.05, 3.63) is 76.5 Å². The highest BCUT2D eigenvalue weighted by atomic mass is 32.1. The van der Waals surface area contributed by atoms with E-state index in [2.05, 4.69) is 10.6 Å². The Morgan fingerprint density at radius 1 is 1.03 bits per heavy atom. The average Bonchev–Trinajstić information content (AvgIpc) is 3.48. The van der Waals surface area contributed by atoms with Crippen LogP contribution in [0.2, 0.25) is 0 Å². The Bertz CT molecular complexity index is 1180. The van der Waals surface area contributed by atoms with Gasteiger partial charge in [-0.1, -0.05) is 29.8 Å². The minimum Gasteiger partial charge on any atom is -0.447 e. The van der Waals surface area contributed by atoms with Crippen molar-refractivity contribution in [2.45, 2.75) is 19.4 Å². The highest BCUT2D eigenvalue weighted by molar-refractivity contribution is 7.10. The number of thiophene rings is 1. The molecule has 1 aliphatic rings. The van der Waals surface area contributed by atoms with Crippen molar-refractivity contribution < 1.29 is 23.9 Å². The van der Waals surface area contributed by atoms with Crippen molar-refractivity contribution in [1.29, 1.82) is 0 Å². The predicted octanol–water partition coefficient (Wildman–Crippen LogP) is 4.98. The first kappa shape index (κ1) is 24.4. The first-order valence-electron chi connectivity index (χ1n) is 11.2. The van der Waals surface area contributed by atoms with Gasteiger partial charge in [0.2, 0.25) is 11.8 Å². The molecule has 8 nitrogen and oxygen atoms in total. The van der Waals surface area contributed by atoms with E-state index >= 15 is 0 Å². The molecule has 2 N–H and O–H groups in total. The number of nitrogens with zero attached hydrogens (tertiary/aromatic N) is 1. The Balaban J connectivity index is 1.51. The number of ether oxygens (including phenoxy) is 2. The Labute approximate surface area is 207 Å². The zero-order chi connectivity index (χ0) is 24.8. The van der Waals surface area contributed by atoms with Crippen LogP contribution in [0.15, 0.2) is 66.0 Å². The minimum absolute atomic E-state index is 0.0957. The second-order valence-corrected chi connectivity index (χ2v) is 9.17. The molecule has 2 aromatic carbocycles. The van der Waals surface area contributed by atoms with E-state index in [1.807, 2.05) is 48.7 Å². The van der Waals surface area contributed by atoms with E-state index in [0.29, 0.717) is 18.0 Å². The molecule has 0 bridgehead atoms. The lowest BCUT2D eigenvalue weighted by Crippen LogP contribution is -2.32. The summed E-state index contributed by atoms with van der Waals surface area (Å²) in [5.74, 6) is -0.925. The molecule has 1 aliphatic heterocycles. The van der Waals surface area contributed by atoms with Crippen molar-refractivity contribution in [3.63, 3.8) is 0 Å². The monoisotopic (exact) mass is 493 g/mol. The lowest BCUT2D eigenvalue weighted by molar-refractivity contribution is -0.122. The molecule has 4 rings (SSSR count). The van der Waals surface area contributed by atoms with E-state index in [1.54, 1.807) is 29.2 Å². The van der Waals surface area contributed by atoms with Crippen LogP contribution >= 0.6 is 11.3 Å². The van der Waals surface area contributed by atoms with E-state index in [0.717, 1.165) is 16.1 Å². The zero-order valence-corrected chi connectivity index (χ0v) is 20.3. The number of nitrogens with one attached hydrogen (secondary N) is 2. The first-order valence-corrected chi connectivity index (χ1v) is 12.1. The van der Waals surface area contributed by atoms with Gasteiger partial charge in [-0.2, -0.15) is 0 Å². The molecule has 9 heteroatoms. The van der Waals surface area contributed by atoms with Crippen molar-refractivity contribution >= 4 is 46.3 Å². The quantitative estimate of drug-likeness (QED) is 0.431. The maximum Gasteiger partial charge on any atom is 0.411 e. The van der Waals surface area contributed by atoms with Crippen LogP contribution in [0.4, 0.5) is 21.9 Å². The van der Waals surface area contributed by atoms with Gasteiger partial charge in [0, 0.05) is 35.5 Å². The fraction of sp³-hybridized carbons (Fsp3) is 0.269. The van der Waals surface area contributed by atoms with Gasteiger partial charge in [0.15, 0.2) is 0 Å². The number of anilines is 3. The van der Waals surface area contributed by atoms with Gasteiger partial charge in [-0.3, -0.25) is 14.9 Å². The molecule has 3 aromatic rings. The summed E-state index contributed by atoms with van der Waals surface area (Å²) in [6, 6.07) is 18.0. The molecular weight excluding hydrogens is 466 g/mol. The van der Waals surface area contributed by atoms with E-state index in [4.69, 9.17) is 9.47 Å². The summed E-state index contributed by atoms with van der Waals surface area (Å²) < 4.78 is 9.87. The van der Waals surface area contributed by atoms with Crippen molar-refractivity contribution in [2.24, 2.45) is 5.92 Å². The largest absolute Gasteiger partial charge is 0.447 e. The maximum absolute atomic E-state index is 13.4. The SMILES string of the molecule is COCCOC(=O)Nc1cccc(NC(=O)C2CC(=O)N(c3ccc(C)cc3)C2c2cccs2)c1. The van der Waals surface area contributed by atoms with Crippen LogP contribution in [0, 0.1) is 12.8 Å². The lowest BCUT2D eigenvalue weighted by Gasteiger charge is -2.27. The number of carbonyl (C=O) groups excluding carboxylic acids is 3. The summed E-state index contributed by atoms with van der Waals surface area (Å²) in [5.41, 5.74) is 2.85. The normalized spacial score (nSPS) is 17.3. The molecule has 0 spiro atoms. The lowest BCUT2D eigenvalue weighted by atomic mass is 9.97. The molecule has 2 heterocycles. The number of hydrogen-bond acceptors (Lipinski definition) is 6. The van der Waals surface area contributed by atoms with Crippen LogP contribution in [0.5, 0.6) is 0 Å². The van der Waals surface area contributed by atoms with Crippen LogP contribution in [0.25, 0.3) is 0 Å².